The number of sulfonamides is 1. The van der Waals surface area contributed by atoms with Gasteiger partial charge in [-0.2, -0.15) is 11.8 Å². The summed E-state index contributed by atoms with van der Waals surface area (Å²) in [6.45, 7) is 3.02. The van der Waals surface area contributed by atoms with Gasteiger partial charge in [0.2, 0.25) is 10.0 Å². The van der Waals surface area contributed by atoms with Crippen LogP contribution in [-0.2, 0) is 16.6 Å². The highest BCUT2D eigenvalue weighted by atomic mass is 32.2. The summed E-state index contributed by atoms with van der Waals surface area (Å²) in [6.07, 6.45) is 3.96. The van der Waals surface area contributed by atoms with Crippen LogP contribution < -0.4 is 10.0 Å². The molecule has 1 aromatic rings. The predicted octanol–water partition coefficient (Wildman–Crippen LogP) is 2.14. The third-order valence-electron chi connectivity index (χ3n) is 3.12. The molecule has 0 saturated heterocycles. The zero-order valence-corrected chi connectivity index (χ0v) is 14.0. The first-order valence-electron chi connectivity index (χ1n) is 6.74. The highest BCUT2D eigenvalue weighted by Crippen LogP contribution is 2.18. The van der Waals surface area contributed by atoms with Gasteiger partial charge in [-0.1, -0.05) is 12.1 Å². The van der Waals surface area contributed by atoms with Crippen molar-refractivity contribution in [1.29, 1.82) is 0 Å². The van der Waals surface area contributed by atoms with Crippen LogP contribution in [0.1, 0.15) is 24.0 Å². The first-order valence-corrected chi connectivity index (χ1v) is 9.62. The van der Waals surface area contributed by atoms with Gasteiger partial charge in [0.05, 0.1) is 4.90 Å². The Morgan fingerprint density at radius 2 is 2.00 bits per heavy atom. The third-order valence-corrected chi connectivity index (χ3v) is 5.42. The Hall–Kier alpha value is -0.560. The highest BCUT2D eigenvalue weighted by Gasteiger charge is 2.17. The van der Waals surface area contributed by atoms with Crippen molar-refractivity contribution in [3.05, 3.63) is 29.3 Å². The SMILES string of the molecule is CNCc1cccc(S(=O)(=O)NCCCCSC)c1C. The van der Waals surface area contributed by atoms with Crippen LogP contribution in [0.2, 0.25) is 0 Å². The number of unbranched alkanes of at least 4 members (excludes halogenated alkanes) is 1. The average Bonchev–Trinajstić information content (AvgIpc) is 2.41. The van der Waals surface area contributed by atoms with E-state index in [9.17, 15) is 8.42 Å². The predicted molar refractivity (Wildman–Crippen MR) is 86.7 cm³/mol. The molecule has 20 heavy (non-hydrogen) atoms. The van der Waals surface area contributed by atoms with Gasteiger partial charge < -0.3 is 5.32 Å². The summed E-state index contributed by atoms with van der Waals surface area (Å²) in [5.74, 6) is 1.07. The van der Waals surface area contributed by atoms with E-state index in [2.05, 4.69) is 16.3 Å². The van der Waals surface area contributed by atoms with Crippen LogP contribution >= 0.6 is 11.8 Å². The fraction of sp³-hybridized carbons (Fsp3) is 0.571. The smallest absolute Gasteiger partial charge is 0.240 e. The van der Waals surface area contributed by atoms with Crippen molar-refractivity contribution in [2.24, 2.45) is 0 Å². The topological polar surface area (TPSA) is 58.2 Å². The maximum absolute atomic E-state index is 12.3. The monoisotopic (exact) mass is 316 g/mol. The molecule has 0 radical (unpaired) electrons. The van der Waals surface area contributed by atoms with E-state index >= 15 is 0 Å². The number of rotatable bonds is 9. The Morgan fingerprint density at radius 1 is 1.25 bits per heavy atom. The molecule has 4 nitrogen and oxygen atoms in total. The van der Waals surface area contributed by atoms with Crippen molar-refractivity contribution < 1.29 is 8.42 Å². The van der Waals surface area contributed by atoms with E-state index in [1.807, 2.05) is 20.0 Å². The Kier molecular flexibility index (Phi) is 7.58. The fourth-order valence-electron chi connectivity index (χ4n) is 1.99. The van der Waals surface area contributed by atoms with Crippen LogP contribution in [0.4, 0.5) is 0 Å². The number of nitrogens with one attached hydrogen (secondary N) is 2. The molecular weight excluding hydrogens is 292 g/mol. The maximum atomic E-state index is 12.3. The first-order chi connectivity index (χ1) is 9.53. The van der Waals surface area contributed by atoms with Crippen LogP contribution in [-0.4, -0.2) is 34.0 Å². The van der Waals surface area contributed by atoms with Gasteiger partial charge in [-0.05, 0) is 56.0 Å². The molecule has 0 unspecified atom stereocenters. The minimum atomic E-state index is -3.40. The number of thioether (sulfide) groups is 1. The summed E-state index contributed by atoms with van der Waals surface area (Å²) in [6, 6.07) is 5.41. The molecule has 0 aliphatic carbocycles. The van der Waals surface area contributed by atoms with Gasteiger partial charge in [0.25, 0.3) is 0 Å². The van der Waals surface area contributed by atoms with Gasteiger partial charge in [0.15, 0.2) is 0 Å². The summed E-state index contributed by atoms with van der Waals surface area (Å²) < 4.78 is 27.3. The van der Waals surface area contributed by atoms with E-state index in [0.717, 1.165) is 29.7 Å². The molecule has 0 aliphatic rings. The van der Waals surface area contributed by atoms with Gasteiger partial charge in [-0.3, -0.25) is 0 Å². The second-order valence-corrected chi connectivity index (χ2v) is 7.39. The van der Waals surface area contributed by atoms with E-state index < -0.39 is 10.0 Å². The Morgan fingerprint density at radius 3 is 2.65 bits per heavy atom. The van der Waals surface area contributed by atoms with Gasteiger partial charge in [0, 0.05) is 13.1 Å². The lowest BCUT2D eigenvalue weighted by Gasteiger charge is -2.12. The molecule has 1 rings (SSSR count). The molecule has 0 aliphatic heterocycles. The van der Waals surface area contributed by atoms with E-state index in [0.29, 0.717) is 18.0 Å². The van der Waals surface area contributed by atoms with Crippen molar-refractivity contribution in [2.45, 2.75) is 31.2 Å². The summed E-state index contributed by atoms with van der Waals surface area (Å²) >= 11 is 1.78. The van der Waals surface area contributed by atoms with Gasteiger partial charge >= 0.3 is 0 Å². The lowest BCUT2D eigenvalue weighted by Crippen LogP contribution is -2.26. The molecule has 114 valence electrons. The van der Waals surface area contributed by atoms with Crippen molar-refractivity contribution in [3.8, 4) is 0 Å². The van der Waals surface area contributed by atoms with E-state index in [4.69, 9.17) is 0 Å². The molecule has 0 aromatic heterocycles. The van der Waals surface area contributed by atoms with E-state index in [-0.39, 0.29) is 0 Å². The molecule has 0 heterocycles. The molecule has 0 atom stereocenters. The summed E-state index contributed by atoms with van der Waals surface area (Å²) in [5, 5.41) is 3.05. The second kappa shape index (κ2) is 8.67. The molecule has 0 spiro atoms. The average molecular weight is 316 g/mol. The summed E-state index contributed by atoms with van der Waals surface area (Å²) in [7, 11) is -1.55. The van der Waals surface area contributed by atoms with E-state index in [1.54, 1.807) is 23.9 Å². The molecule has 0 fully saturated rings. The van der Waals surface area contributed by atoms with Crippen molar-refractivity contribution in [2.75, 3.05) is 25.6 Å². The highest BCUT2D eigenvalue weighted by molar-refractivity contribution is 7.98. The van der Waals surface area contributed by atoms with Crippen LogP contribution in [0.15, 0.2) is 23.1 Å². The lowest BCUT2D eigenvalue weighted by atomic mass is 10.1. The van der Waals surface area contributed by atoms with Gasteiger partial charge in [0.1, 0.15) is 0 Å². The van der Waals surface area contributed by atoms with E-state index in [1.165, 1.54) is 0 Å². The van der Waals surface area contributed by atoms with Crippen LogP contribution in [0.5, 0.6) is 0 Å². The van der Waals surface area contributed by atoms with Gasteiger partial charge in [-0.15, -0.1) is 0 Å². The van der Waals surface area contributed by atoms with Crippen LogP contribution in [0.25, 0.3) is 0 Å². The largest absolute Gasteiger partial charge is 0.316 e. The Bertz CT molecular complexity index is 516. The zero-order chi connectivity index (χ0) is 15.0. The summed E-state index contributed by atoms with van der Waals surface area (Å²) in [5.41, 5.74) is 1.83. The maximum Gasteiger partial charge on any atom is 0.240 e. The minimum absolute atomic E-state index is 0.384. The normalized spacial score (nSPS) is 11.8. The first kappa shape index (κ1) is 17.5. The Balaban J connectivity index is 2.74. The van der Waals surface area contributed by atoms with Crippen molar-refractivity contribution in [1.82, 2.24) is 10.0 Å². The van der Waals surface area contributed by atoms with Crippen molar-refractivity contribution >= 4 is 21.8 Å². The lowest BCUT2D eigenvalue weighted by molar-refractivity contribution is 0.577. The summed E-state index contributed by atoms with van der Waals surface area (Å²) in [4.78, 5) is 0.384. The third kappa shape index (κ3) is 5.09. The van der Waals surface area contributed by atoms with Crippen molar-refractivity contribution in [3.63, 3.8) is 0 Å². The molecule has 2 N–H and O–H groups in total. The fourth-order valence-corrected chi connectivity index (χ4v) is 3.84. The Labute approximate surface area is 126 Å². The molecule has 6 heteroatoms. The van der Waals surface area contributed by atoms with Gasteiger partial charge in [-0.25, -0.2) is 13.1 Å². The molecule has 0 bridgehead atoms. The standard InChI is InChI=1S/C14H24N2O2S2/c1-12-13(11-15-2)7-6-8-14(12)20(17,18)16-9-4-5-10-19-3/h6-8,15-16H,4-5,9-11H2,1-3H3. The minimum Gasteiger partial charge on any atom is -0.316 e. The zero-order valence-electron chi connectivity index (χ0n) is 12.4. The number of hydrogen-bond acceptors (Lipinski definition) is 4. The quantitative estimate of drug-likeness (QED) is 0.685. The van der Waals surface area contributed by atoms with Crippen LogP contribution in [0, 0.1) is 6.92 Å². The molecule has 0 amide bonds. The number of hydrogen-bond donors (Lipinski definition) is 2. The molecular formula is C14H24N2O2S2. The number of benzene rings is 1. The second-order valence-electron chi connectivity index (χ2n) is 4.67. The molecule has 0 saturated carbocycles. The molecule has 1 aromatic carbocycles. The van der Waals surface area contributed by atoms with Crippen LogP contribution in [0.3, 0.4) is 0 Å².